The first-order chi connectivity index (χ1) is 14.7. The summed E-state index contributed by atoms with van der Waals surface area (Å²) in [5, 5.41) is 0.0863. The van der Waals surface area contributed by atoms with E-state index >= 15 is 0 Å². The molecule has 0 spiro atoms. The highest BCUT2D eigenvalue weighted by Crippen LogP contribution is 2.40. The highest BCUT2D eigenvalue weighted by atomic mass is 28.4. The van der Waals surface area contributed by atoms with Gasteiger partial charge in [0, 0.05) is 25.1 Å². The number of hydrogen-bond donors (Lipinski definition) is 1. The molecule has 0 saturated carbocycles. The van der Waals surface area contributed by atoms with E-state index in [4.69, 9.17) is 29.4 Å². The number of nitrogens with zero attached hydrogens (tertiary/aromatic N) is 1. The van der Waals surface area contributed by atoms with Crippen LogP contribution in [-0.2, 0) is 23.5 Å². The Balaban J connectivity index is 2.16. The Bertz CT molecular complexity index is 598. The molecule has 2 saturated heterocycles. The van der Waals surface area contributed by atoms with Crippen LogP contribution >= 0.6 is 0 Å². The molecule has 2 N–H and O–H groups in total. The molecule has 9 heteroatoms. The second-order valence-electron chi connectivity index (χ2n) is 11.7. The number of hydrogen-bond acceptors (Lipinski definition) is 7. The van der Waals surface area contributed by atoms with Crippen molar-refractivity contribution in [2.45, 2.75) is 109 Å². The number of likely N-dealkylation sites (tertiary alicyclic amines) is 1. The average molecular weight is 475 g/mol. The number of amides is 1. The van der Waals surface area contributed by atoms with Gasteiger partial charge in [-0.2, -0.15) is 0 Å². The van der Waals surface area contributed by atoms with Gasteiger partial charge in [-0.25, -0.2) is 10.7 Å². The Kier molecular flexibility index (Phi) is 9.59. The third-order valence-corrected chi connectivity index (χ3v) is 11.2. The van der Waals surface area contributed by atoms with E-state index in [1.165, 1.54) is 0 Å². The summed E-state index contributed by atoms with van der Waals surface area (Å²) in [7, 11) is -2.00. The van der Waals surface area contributed by atoms with Crippen LogP contribution in [0, 0.1) is 5.92 Å². The lowest BCUT2D eigenvalue weighted by atomic mass is 9.98. The van der Waals surface area contributed by atoms with Gasteiger partial charge in [-0.15, -0.1) is 0 Å². The van der Waals surface area contributed by atoms with Crippen LogP contribution in [0.15, 0.2) is 0 Å². The van der Waals surface area contributed by atoms with Crippen LogP contribution in [0.5, 0.6) is 0 Å². The minimum Gasteiger partial charge on any atom is -0.444 e. The maximum absolute atomic E-state index is 13.1. The molecule has 8 nitrogen and oxygen atoms in total. The number of carbonyl (C=O) groups is 1. The van der Waals surface area contributed by atoms with E-state index in [1.807, 2.05) is 20.8 Å². The Morgan fingerprint density at radius 2 is 1.84 bits per heavy atom. The van der Waals surface area contributed by atoms with Crippen molar-refractivity contribution in [3.8, 4) is 0 Å². The second kappa shape index (κ2) is 11.1. The minimum atomic E-state index is -2.00. The van der Waals surface area contributed by atoms with Crippen molar-refractivity contribution in [1.82, 2.24) is 4.90 Å². The molecule has 2 fully saturated rings. The smallest absolute Gasteiger partial charge is 0.410 e. The summed E-state index contributed by atoms with van der Waals surface area (Å²) in [6.07, 6.45) is 3.15. The van der Waals surface area contributed by atoms with Crippen molar-refractivity contribution in [2.24, 2.45) is 11.8 Å². The van der Waals surface area contributed by atoms with E-state index in [1.54, 1.807) is 4.90 Å². The lowest BCUT2D eigenvalue weighted by Gasteiger charge is -2.38. The third kappa shape index (κ3) is 7.95. The molecule has 2 heterocycles. The summed E-state index contributed by atoms with van der Waals surface area (Å²) >= 11 is 0. The first-order valence-corrected chi connectivity index (χ1v) is 14.9. The quantitative estimate of drug-likeness (QED) is 0.411. The van der Waals surface area contributed by atoms with Crippen molar-refractivity contribution >= 4 is 14.4 Å². The Labute approximate surface area is 195 Å². The zero-order valence-corrected chi connectivity index (χ0v) is 22.4. The van der Waals surface area contributed by atoms with Gasteiger partial charge in [0.2, 0.25) is 0 Å². The summed E-state index contributed by atoms with van der Waals surface area (Å²) in [4.78, 5) is 19.9. The maximum atomic E-state index is 13.1. The molecule has 2 aliphatic heterocycles. The molecular weight excluding hydrogens is 428 g/mol. The van der Waals surface area contributed by atoms with Gasteiger partial charge in [0.1, 0.15) is 5.60 Å². The minimum absolute atomic E-state index is 0.0559. The molecule has 4 atom stereocenters. The van der Waals surface area contributed by atoms with E-state index in [0.29, 0.717) is 19.6 Å². The fourth-order valence-corrected chi connectivity index (χ4v) is 5.31. The molecule has 0 radical (unpaired) electrons. The molecule has 0 aliphatic carbocycles. The Morgan fingerprint density at radius 1 is 1.16 bits per heavy atom. The van der Waals surface area contributed by atoms with Gasteiger partial charge in [0.05, 0.1) is 19.3 Å². The lowest BCUT2D eigenvalue weighted by Crippen LogP contribution is -2.46. The predicted octanol–water partition coefficient (Wildman–Crippen LogP) is 4.44. The van der Waals surface area contributed by atoms with Gasteiger partial charge in [0.15, 0.2) is 14.6 Å². The normalized spacial score (nSPS) is 26.3. The fourth-order valence-electron chi connectivity index (χ4n) is 3.95. The first-order valence-electron chi connectivity index (χ1n) is 12.0. The van der Waals surface area contributed by atoms with Gasteiger partial charge in [-0.1, -0.05) is 20.8 Å². The third-order valence-electron chi connectivity index (χ3n) is 6.69. The molecule has 2 rings (SSSR count). The lowest BCUT2D eigenvalue weighted by molar-refractivity contribution is -0.175. The molecule has 188 valence electrons. The molecule has 0 aromatic heterocycles. The molecule has 2 aliphatic rings. The van der Waals surface area contributed by atoms with Crippen molar-refractivity contribution in [2.75, 3.05) is 26.4 Å². The first kappa shape index (κ1) is 27.5. The summed E-state index contributed by atoms with van der Waals surface area (Å²) in [5.74, 6) is 5.37. The van der Waals surface area contributed by atoms with Crippen molar-refractivity contribution in [3.05, 3.63) is 0 Å². The van der Waals surface area contributed by atoms with Crippen LogP contribution in [0.25, 0.3) is 0 Å². The molecular formula is C23H46N2O6Si. The zero-order valence-electron chi connectivity index (χ0n) is 21.4. The van der Waals surface area contributed by atoms with Gasteiger partial charge in [-0.3, -0.25) is 0 Å². The van der Waals surface area contributed by atoms with Crippen molar-refractivity contribution < 1.29 is 28.3 Å². The zero-order chi connectivity index (χ0) is 24.2. The van der Waals surface area contributed by atoms with E-state index in [2.05, 4.69) is 33.9 Å². The Morgan fingerprint density at radius 3 is 2.38 bits per heavy atom. The van der Waals surface area contributed by atoms with Gasteiger partial charge in [0.25, 0.3) is 0 Å². The van der Waals surface area contributed by atoms with Crippen LogP contribution in [0.3, 0.4) is 0 Å². The highest BCUT2D eigenvalue weighted by molar-refractivity contribution is 6.74. The number of carbonyl (C=O) groups excluding carboxylic acids is 1. The summed E-state index contributed by atoms with van der Waals surface area (Å²) in [6.45, 7) is 18.7. The number of rotatable bonds is 8. The van der Waals surface area contributed by atoms with Gasteiger partial charge in [-0.05, 0) is 64.6 Å². The molecule has 0 bridgehead atoms. The van der Waals surface area contributed by atoms with Crippen molar-refractivity contribution in [1.29, 1.82) is 0 Å². The number of ether oxygens (including phenoxy) is 3. The highest BCUT2D eigenvalue weighted by Gasteiger charge is 2.46. The summed E-state index contributed by atoms with van der Waals surface area (Å²) < 4.78 is 24.2. The topological polar surface area (TPSA) is 92.5 Å². The standard InChI is InChI=1S/C23H46N2O6Si/c1-22(2,3)30-21(26)25-14-18(31-32(7,8)23(4,5)6)13-19(25)17(16-29-24)15-28-20-11-9-10-12-27-20/h17-20H,9-16,24H2,1-8H3/t17-,18+,19-,20?/m0/s1. The number of nitrogens with two attached hydrogens (primary N) is 1. The van der Waals surface area contributed by atoms with E-state index < -0.39 is 13.9 Å². The van der Waals surface area contributed by atoms with Crippen molar-refractivity contribution in [3.63, 3.8) is 0 Å². The van der Waals surface area contributed by atoms with Crippen LogP contribution in [0.1, 0.15) is 67.2 Å². The monoisotopic (exact) mass is 474 g/mol. The van der Waals surface area contributed by atoms with E-state index in [-0.39, 0.29) is 42.1 Å². The maximum Gasteiger partial charge on any atom is 0.410 e. The van der Waals surface area contributed by atoms with Crippen LogP contribution < -0.4 is 5.90 Å². The SMILES string of the molecule is CC(C)(C)OC(=O)N1C[C@H](O[Si](C)(C)C(C)(C)C)C[C@H]1[C@H](CON)COC1CCCCO1. The van der Waals surface area contributed by atoms with E-state index in [0.717, 1.165) is 25.9 Å². The van der Waals surface area contributed by atoms with Crippen LogP contribution in [-0.4, -0.2) is 69.7 Å². The molecule has 1 amide bonds. The summed E-state index contributed by atoms with van der Waals surface area (Å²) in [6, 6.07) is -0.147. The fraction of sp³-hybridized carbons (Fsp3) is 0.957. The average Bonchev–Trinajstić information content (AvgIpc) is 3.07. The van der Waals surface area contributed by atoms with E-state index in [9.17, 15) is 4.79 Å². The van der Waals surface area contributed by atoms with Gasteiger partial charge < -0.3 is 28.4 Å². The molecule has 0 aromatic rings. The Hall–Kier alpha value is -0.713. The molecule has 32 heavy (non-hydrogen) atoms. The van der Waals surface area contributed by atoms with Crippen LogP contribution in [0.2, 0.25) is 18.1 Å². The predicted molar refractivity (Wildman–Crippen MR) is 127 cm³/mol. The molecule has 0 aromatic carbocycles. The second-order valence-corrected chi connectivity index (χ2v) is 16.4. The largest absolute Gasteiger partial charge is 0.444 e. The van der Waals surface area contributed by atoms with Crippen LogP contribution in [0.4, 0.5) is 4.79 Å². The molecule has 1 unspecified atom stereocenters. The summed E-state index contributed by atoms with van der Waals surface area (Å²) in [5.41, 5.74) is -0.577. The van der Waals surface area contributed by atoms with Gasteiger partial charge >= 0.3 is 6.09 Å².